The molecular formula is C14H11NO5. The number of carboxylic acids is 1. The van der Waals surface area contributed by atoms with Crippen LogP contribution in [0.25, 0.3) is 11.0 Å². The van der Waals surface area contributed by atoms with Gasteiger partial charge in [-0.3, -0.25) is 14.5 Å². The lowest BCUT2D eigenvalue weighted by Crippen LogP contribution is -2.28. The molecule has 1 N–H and O–H groups in total. The first-order chi connectivity index (χ1) is 9.58. The fraction of sp³-hybridized carbons (Fsp3) is 0.214. The maximum Gasteiger partial charge on any atom is 0.339 e. The highest BCUT2D eigenvalue weighted by molar-refractivity contribution is 6.05. The number of amides is 2. The van der Waals surface area contributed by atoms with E-state index in [-0.39, 0.29) is 42.5 Å². The van der Waals surface area contributed by atoms with Crippen LogP contribution in [0.5, 0.6) is 0 Å². The summed E-state index contributed by atoms with van der Waals surface area (Å²) in [6.45, 7) is -0.131. The molecule has 1 aromatic carbocycles. The van der Waals surface area contributed by atoms with E-state index in [2.05, 4.69) is 0 Å². The number of aromatic carboxylic acids is 1. The molecule has 0 spiro atoms. The van der Waals surface area contributed by atoms with E-state index in [1.807, 2.05) is 0 Å². The van der Waals surface area contributed by atoms with Gasteiger partial charge in [0.25, 0.3) is 0 Å². The van der Waals surface area contributed by atoms with Crippen molar-refractivity contribution in [3.8, 4) is 0 Å². The van der Waals surface area contributed by atoms with Crippen molar-refractivity contribution in [1.82, 2.24) is 4.90 Å². The molecule has 6 nitrogen and oxygen atoms in total. The molecule has 6 heteroatoms. The highest BCUT2D eigenvalue weighted by Crippen LogP contribution is 2.28. The van der Waals surface area contributed by atoms with Gasteiger partial charge in [0.1, 0.15) is 16.9 Å². The monoisotopic (exact) mass is 273 g/mol. The third-order valence-corrected chi connectivity index (χ3v) is 3.34. The van der Waals surface area contributed by atoms with E-state index in [1.54, 1.807) is 24.3 Å². The van der Waals surface area contributed by atoms with E-state index in [0.717, 1.165) is 4.90 Å². The van der Waals surface area contributed by atoms with E-state index in [9.17, 15) is 19.5 Å². The average Bonchev–Trinajstić information content (AvgIpc) is 2.93. The zero-order valence-electron chi connectivity index (χ0n) is 10.5. The van der Waals surface area contributed by atoms with Crippen molar-refractivity contribution in [2.45, 2.75) is 19.4 Å². The lowest BCUT2D eigenvalue weighted by atomic mass is 10.1. The zero-order chi connectivity index (χ0) is 14.3. The van der Waals surface area contributed by atoms with Crippen molar-refractivity contribution in [2.75, 3.05) is 0 Å². The number of carbonyl (C=O) groups excluding carboxylic acids is 2. The number of benzene rings is 1. The van der Waals surface area contributed by atoms with Gasteiger partial charge in [-0.25, -0.2) is 4.79 Å². The second kappa shape index (κ2) is 4.48. The summed E-state index contributed by atoms with van der Waals surface area (Å²) in [5.41, 5.74) is 0.437. The lowest BCUT2D eigenvalue weighted by molar-refractivity contribution is -0.139. The lowest BCUT2D eigenvalue weighted by Gasteiger charge is -2.11. The first kappa shape index (κ1) is 12.4. The number of fused-ring (bicyclic) bond motifs is 1. The van der Waals surface area contributed by atoms with Crippen molar-refractivity contribution in [3.05, 3.63) is 35.6 Å². The van der Waals surface area contributed by atoms with Gasteiger partial charge in [-0.1, -0.05) is 18.2 Å². The van der Waals surface area contributed by atoms with Gasteiger partial charge < -0.3 is 9.52 Å². The van der Waals surface area contributed by atoms with Gasteiger partial charge in [0.15, 0.2) is 0 Å². The predicted octanol–water partition coefficient (Wildman–Crippen LogP) is 1.78. The normalized spacial score (nSPS) is 15.3. The molecule has 2 aromatic rings. The van der Waals surface area contributed by atoms with Gasteiger partial charge in [0.2, 0.25) is 11.8 Å². The number of furan rings is 1. The molecule has 102 valence electrons. The van der Waals surface area contributed by atoms with Gasteiger partial charge in [0.05, 0.1) is 6.54 Å². The molecule has 2 heterocycles. The molecule has 0 unspecified atom stereocenters. The Morgan fingerprint density at radius 1 is 1.20 bits per heavy atom. The summed E-state index contributed by atoms with van der Waals surface area (Å²) in [5, 5.41) is 9.78. The Morgan fingerprint density at radius 2 is 1.85 bits per heavy atom. The second-order valence-electron chi connectivity index (χ2n) is 4.58. The molecule has 20 heavy (non-hydrogen) atoms. The molecule has 1 aromatic heterocycles. The number of carbonyl (C=O) groups is 3. The van der Waals surface area contributed by atoms with E-state index < -0.39 is 5.97 Å². The summed E-state index contributed by atoms with van der Waals surface area (Å²) >= 11 is 0. The summed E-state index contributed by atoms with van der Waals surface area (Å²) in [4.78, 5) is 35.6. The molecule has 0 aliphatic carbocycles. The Kier molecular flexibility index (Phi) is 2.78. The molecule has 0 saturated carbocycles. The summed E-state index contributed by atoms with van der Waals surface area (Å²) in [5.74, 6) is -1.61. The molecule has 1 aliphatic rings. The van der Waals surface area contributed by atoms with Gasteiger partial charge in [-0.05, 0) is 6.07 Å². The number of rotatable bonds is 3. The van der Waals surface area contributed by atoms with Crippen molar-refractivity contribution >= 4 is 28.8 Å². The fourth-order valence-electron chi connectivity index (χ4n) is 2.38. The van der Waals surface area contributed by atoms with E-state index in [0.29, 0.717) is 11.0 Å². The number of nitrogens with zero attached hydrogens (tertiary/aromatic N) is 1. The largest absolute Gasteiger partial charge is 0.478 e. The predicted molar refractivity (Wildman–Crippen MR) is 68.0 cm³/mol. The first-order valence-corrected chi connectivity index (χ1v) is 6.15. The van der Waals surface area contributed by atoms with E-state index in [1.165, 1.54) is 0 Å². The number of hydrogen-bond donors (Lipinski definition) is 1. The Balaban J connectivity index is 2.07. The van der Waals surface area contributed by atoms with Crippen molar-refractivity contribution in [2.24, 2.45) is 0 Å². The van der Waals surface area contributed by atoms with Crippen LogP contribution in [0, 0.1) is 0 Å². The fourth-order valence-corrected chi connectivity index (χ4v) is 2.38. The highest BCUT2D eigenvalue weighted by Gasteiger charge is 2.32. The van der Waals surface area contributed by atoms with Crippen molar-refractivity contribution < 1.29 is 23.9 Å². The van der Waals surface area contributed by atoms with Gasteiger partial charge >= 0.3 is 5.97 Å². The maximum absolute atomic E-state index is 11.6. The number of para-hydroxylation sites is 1. The van der Waals surface area contributed by atoms with Gasteiger partial charge in [-0.15, -0.1) is 0 Å². The SMILES string of the molecule is O=C(O)c1c(CN2C(=O)CCC2=O)oc2ccccc12. The van der Waals surface area contributed by atoms with Crippen LogP contribution in [-0.4, -0.2) is 27.8 Å². The Labute approximate surface area is 113 Å². The molecule has 0 atom stereocenters. The van der Waals surface area contributed by atoms with Crippen LogP contribution < -0.4 is 0 Å². The molecular weight excluding hydrogens is 262 g/mol. The smallest absolute Gasteiger partial charge is 0.339 e. The molecule has 0 radical (unpaired) electrons. The van der Waals surface area contributed by atoms with Gasteiger partial charge in [-0.2, -0.15) is 0 Å². The third kappa shape index (κ3) is 1.85. The standard InChI is InChI=1S/C14H11NO5/c16-11-5-6-12(17)15(11)7-10-13(14(18)19)8-3-1-2-4-9(8)20-10/h1-4H,5-7H2,(H,18,19). The van der Waals surface area contributed by atoms with Crippen molar-refractivity contribution in [1.29, 1.82) is 0 Å². The summed E-state index contributed by atoms with van der Waals surface area (Å²) < 4.78 is 5.49. The van der Waals surface area contributed by atoms with E-state index >= 15 is 0 Å². The summed E-state index contributed by atoms with van der Waals surface area (Å²) in [6.07, 6.45) is 0.336. The molecule has 1 aliphatic heterocycles. The van der Waals surface area contributed by atoms with Crippen LogP contribution in [0.2, 0.25) is 0 Å². The zero-order valence-corrected chi connectivity index (χ0v) is 10.5. The van der Waals surface area contributed by atoms with Crippen LogP contribution in [0.1, 0.15) is 29.0 Å². The quantitative estimate of drug-likeness (QED) is 0.861. The molecule has 1 fully saturated rings. The first-order valence-electron chi connectivity index (χ1n) is 6.15. The van der Waals surface area contributed by atoms with Crippen LogP contribution in [0.4, 0.5) is 0 Å². The Hall–Kier alpha value is -2.63. The number of likely N-dealkylation sites (tertiary alicyclic amines) is 1. The molecule has 1 saturated heterocycles. The maximum atomic E-state index is 11.6. The second-order valence-corrected chi connectivity index (χ2v) is 4.58. The minimum absolute atomic E-state index is 0.00750. The minimum atomic E-state index is -1.14. The minimum Gasteiger partial charge on any atom is -0.478 e. The van der Waals surface area contributed by atoms with Crippen molar-refractivity contribution in [3.63, 3.8) is 0 Å². The molecule has 3 rings (SSSR count). The van der Waals surface area contributed by atoms with Crippen LogP contribution in [0.15, 0.2) is 28.7 Å². The third-order valence-electron chi connectivity index (χ3n) is 3.34. The van der Waals surface area contributed by atoms with E-state index in [4.69, 9.17) is 4.42 Å². The Bertz CT molecular complexity index is 714. The topological polar surface area (TPSA) is 87.8 Å². The number of hydrogen-bond acceptors (Lipinski definition) is 4. The number of carboxylic acid groups (broad SMARTS) is 1. The number of imide groups is 1. The summed E-state index contributed by atoms with van der Waals surface area (Å²) in [6, 6.07) is 6.73. The Morgan fingerprint density at radius 3 is 2.50 bits per heavy atom. The molecule has 0 bridgehead atoms. The van der Waals surface area contributed by atoms with Crippen LogP contribution in [0.3, 0.4) is 0 Å². The van der Waals surface area contributed by atoms with Crippen LogP contribution in [-0.2, 0) is 16.1 Å². The van der Waals surface area contributed by atoms with Gasteiger partial charge in [0, 0.05) is 18.2 Å². The highest BCUT2D eigenvalue weighted by atomic mass is 16.4. The average molecular weight is 273 g/mol. The van der Waals surface area contributed by atoms with Crippen LogP contribution >= 0.6 is 0 Å². The summed E-state index contributed by atoms with van der Waals surface area (Å²) in [7, 11) is 0. The molecule has 2 amide bonds.